The van der Waals surface area contributed by atoms with Crippen molar-refractivity contribution in [3.8, 4) is 5.75 Å². The summed E-state index contributed by atoms with van der Waals surface area (Å²) in [4.78, 5) is 17.2. The van der Waals surface area contributed by atoms with Crippen LogP contribution in [0.15, 0.2) is 24.3 Å². The molecular formula is C19H28N2O3. The van der Waals surface area contributed by atoms with Crippen molar-refractivity contribution in [2.24, 2.45) is 5.92 Å². The normalized spacial score (nSPS) is 28.1. The van der Waals surface area contributed by atoms with Gasteiger partial charge in [-0.05, 0) is 51.1 Å². The Morgan fingerprint density at radius 3 is 2.92 bits per heavy atom. The zero-order valence-electron chi connectivity index (χ0n) is 14.6. The molecule has 1 aromatic rings. The van der Waals surface area contributed by atoms with Gasteiger partial charge in [-0.15, -0.1) is 0 Å². The van der Waals surface area contributed by atoms with Crippen LogP contribution in [0, 0.1) is 5.92 Å². The van der Waals surface area contributed by atoms with Gasteiger partial charge in [-0.2, -0.15) is 0 Å². The van der Waals surface area contributed by atoms with Crippen molar-refractivity contribution >= 4 is 5.91 Å². The quantitative estimate of drug-likeness (QED) is 0.923. The number of ether oxygens (including phenoxy) is 1. The lowest BCUT2D eigenvalue weighted by molar-refractivity contribution is -0.145. The van der Waals surface area contributed by atoms with E-state index in [4.69, 9.17) is 4.74 Å². The molecule has 3 atom stereocenters. The number of hydrogen-bond donors (Lipinski definition) is 1. The Hall–Kier alpha value is -1.59. The van der Waals surface area contributed by atoms with E-state index in [2.05, 4.69) is 19.0 Å². The Kier molecular flexibility index (Phi) is 5.41. The molecule has 0 radical (unpaired) electrons. The molecule has 2 aliphatic rings. The minimum absolute atomic E-state index is 0.133. The predicted molar refractivity (Wildman–Crippen MR) is 92.8 cm³/mol. The molecule has 1 N–H and O–H groups in total. The molecule has 0 spiro atoms. The van der Waals surface area contributed by atoms with E-state index in [1.807, 2.05) is 17.0 Å². The number of phenols is 1. The highest BCUT2D eigenvalue weighted by Crippen LogP contribution is 2.31. The van der Waals surface area contributed by atoms with Crippen molar-refractivity contribution in [3.63, 3.8) is 0 Å². The van der Waals surface area contributed by atoms with Crippen molar-refractivity contribution in [2.45, 2.75) is 37.8 Å². The van der Waals surface area contributed by atoms with Crippen LogP contribution in [0.5, 0.6) is 5.75 Å². The second kappa shape index (κ2) is 7.53. The van der Waals surface area contributed by atoms with Gasteiger partial charge < -0.3 is 19.6 Å². The molecule has 24 heavy (non-hydrogen) atoms. The fourth-order valence-electron chi connectivity index (χ4n) is 3.89. The van der Waals surface area contributed by atoms with Gasteiger partial charge in [0.25, 0.3) is 0 Å². The fourth-order valence-corrected chi connectivity index (χ4v) is 3.89. The zero-order chi connectivity index (χ0) is 17.1. The summed E-state index contributed by atoms with van der Waals surface area (Å²) in [6, 6.07) is 7.65. The summed E-state index contributed by atoms with van der Waals surface area (Å²) >= 11 is 0. The molecule has 1 aliphatic heterocycles. The van der Waals surface area contributed by atoms with Crippen molar-refractivity contribution in [3.05, 3.63) is 29.8 Å². The molecule has 1 saturated heterocycles. The molecule has 5 nitrogen and oxygen atoms in total. The highest BCUT2D eigenvalue weighted by Gasteiger charge is 2.33. The fraction of sp³-hybridized carbons (Fsp3) is 0.632. The molecule has 132 valence electrons. The van der Waals surface area contributed by atoms with Gasteiger partial charge in [0.2, 0.25) is 5.91 Å². The third-order valence-electron chi connectivity index (χ3n) is 5.35. The number of aromatic hydroxyl groups is 1. The Morgan fingerprint density at radius 1 is 1.33 bits per heavy atom. The van der Waals surface area contributed by atoms with E-state index >= 15 is 0 Å². The molecule has 1 aromatic carbocycles. The predicted octanol–water partition coefficient (Wildman–Crippen LogP) is 2.41. The van der Waals surface area contributed by atoms with Gasteiger partial charge in [0.15, 0.2) is 0 Å². The molecule has 1 aliphatic carbocycles. The van der Waals surface area contributed by atoms with Crippen LogP contribution in [0.25, 0.3) is 0 Å². The van der Waals surface area contributed by atoms with Gasteiger partial charge in [-0.3, -0.25) is 4.79 Å². The van der Waals surface area contributed by atoms with Crippen molar-refractivity contribution in [1.29, 1.82) is 0 Å². The standard InChI is InChI=1S/C19H28N2O3/c1-20(2)16-7-3-6-15(11-16)19(23)21-9-10-24-18(13-21)14-5-4-8-17(22)12-14/h4-5,8,12,15-16,18,22H,3,6-7,9-11,13H2,1-2H3/t15-,16-,18+/m1/s1. The average Bonchev–Trinajstić information content (AvgIpc) is 2.61. The maximum atomic E-state index is 13.0. The van der Waals surface area contributed by atoms with Gasteiger partial charge in [0.05, 0.1) is 13.2 Å². The second-order valence-electron chi connectivity index (χ2n) is 7.22. The third-order valence-corrected chi connectivity index (χ3v) is 5.35. The van der Waals surface area contributed by atoms with Gasteiger partial charge in [-0.1, -0.05) is 18.6 Å². The summed E-state index contributed by atoms with van der Waals surface area (Å²) in [6.45, 7) is 1.79. The maximum absolute atomic E-state index is 13.0. The van der Waals surface area contributed by atoms with Crippen LogP contribution in [0.3, 0.4) is 0 Å². The van der Waals surface area contributed by atoms with E-state index in [0.717, 1.165) is 24.8 Å². The Balaban J connectivity index is 1.64. The molecule has 0 aromatic heterocycles. The van der Waals surface area contributed by atoms with Crippen LogP contribution in [0.2, 0.25) is 0 Å². The summed E-state index contributed by atoms with van der Waals surface area (Å²) in [5.41, 5.74) is 0.933. The zero-order valence-corrected chi connectivity index (χ0v) is 14.6. The molecular weight excluding hydrogens is 304 g/mol. The molecule has 1 amide bonds. The number of carbonyl (C=O) groups is 1. The summed E-state index contributed by atoms with van der Waals surface area (Å²) < 4.78 is 5.83. The molecule has 0 unspecified atom stereocenters. The van der Waals surface area contributed by atoms with E-state index in [-0.39, 0.29) is 23.7 Å². The minimum atomic E-state index is -0.150. The number of rotatable bonds is 3. The van der Waals surface area contributed by atoms with E-state index in [0.29, 0.717) is 25.7 Å². The van der Waals surface area contributed by atoms with Gasteiger partial charge in [0.1, 0.15) is 11.9 Å². The van der Waals surface area contributed by atoms with E-state index in [1.54, 1.807) is 12.1 Å². The second-order valence-corrected chi connectivity index (χ2v) is 7.22. The SMILES string of the molecule is CN(C)[C@@H]1CCC[C@@H](C(=O)N2CCO[C@H](c3cccc(O)c3)C2)C1. The number of morpholine rings is 1. The summed E-state index contributed by atoms with van der Waals surface area (Å²) in [6.07, 6.45) is 4.12. The van der Waals surface area contributed by atoms with Crippen LogP contribution in [-0.2, 0) is 9.53 Å². The molecule has 3 rings (SSSR count). The largest absolute Gasteiger partial charge is 0.508 e. The van der Waals surface area contributed by atoms with E-state index in [9.17, 15) is 9.90 Å². The van der Waals surface area contributed by atoms with Gasteiger partial charge in [0, 0.05) is 18.5 Å². The van der Waals surface area contributed by atoms with Gasteiger partial charge in [-0.25, -0.2) is 0 Å². The topological polar surface area (TPSA) is 53.0 Å². The first-order chi connectivity index (χ1) is 11.5. The van der Waals surface area contributed by atoms with E-state index in [1.165, 1.54) is 6.42 Å². The van der Waals surface area contributed by atoms with Crippen molar-refractivity contribution < 1.29 is 14.6 Å². The van der Waals surface area contributed by atoms with Crippen LogP contribution < -0.4 is 0 Å². The number of benzene rings is 1. The highest BCUT2D eigenvalue weighted by molar-refractivity contribution is 5.79. The maximum Gasteiger partial charge on any atom is 0.225 e. The van der Waals surface area contributed by atoms with Crippen LogP contribution in [0.4, 0.5) is 0 Å². The summed E-state index contributed by atoms with van der Waals surface area (Å²) in [5, 5.41) is 9.66. The average molecular weight is 332 g/mol. The Bertz CT molecular complexity index is 575. The molecule has 1 saturated carbocycles. The number of amides is 1. The Morgan fingerprint density at radius 2 is 2.17 bits per heavy atom. The first kappa shape index (κ1) is 17.2. The first-order valence-corrected chi connectivity index (χ1v) is 8.90. The summed E-state index contributed by atoms with van der Waals surface area (Å²) in [5.74, 6) is 0.643. The van der Waals surface area contributed by atoms with E-state index < -0.39 is 0 Å². The first-order valence-electron chi connectivity index (χ1n) is 8.90. The van der Waals surface area contributed by atoms with Crippen LogP contribution in [-0.4, -0.2) is 60.6 Å². The number of nitrogens with zero attached hydrogens (tertiary/aromatic N) is 2. The Labute approximate surface area is 144 Å². The summed E-state index contributed by atoms with van der Waals surface area (Å²) in [7, 11) is 4.20. The molecule has 1 heterocycles. The lowest BCUT2D eigenvalue weighted by atomic mass is 9.84. The van der Waals surface area contributed by atoms with Crippen molar-refractivity contribution in [1.82, 2.24) is 9.80 Å². The third kappa shape index (κ3) is 3.90. The monoisotopic (exact) mass is 332 g/mol. The minimum Gasteiger partial charge on any atom is -0.508 e. The lowest BCUT2D eigenvalue weighted by Crippen LogP contribution is -2.47. The number of hydrogen-bond acceptors (Lipinski definition) is 4. The highest BCUT2D eigenvalue weighted by atomic mass is 16.5. The van der Waals surface area contributed by atoms with Crippen LogP contribution in [0.1, 0.15) is 37.4 Å². The van der Waals surface area contributed by atoms with Crippen molar-refractivity contribution in [2.75, 3.05) is 33.8 Å². The lowest BCUT2D eigenvalue weighted by Gasteiger charge is -2.38. The van der Waals surface area contributed by atoms with Crippen LogP contribution >= 0.6 is 0 Å². The molecule has 0 bridgehead atoms. The number of phenolic OH excluding ortho intramolecular Hbond substituents is 1. The number of carbonyl (C=O) groups excluding carboxylic acids is 1. The molecule has 2 fully saturated rings. The smallest absolute Gasteiger partial charge is 0.225 e. The molecule has 5 heteroatoms. The van der Waals surface area contributed by atoms with Gasteiger partial charge >= 0.3 is 0 Å².